The van der Waals surface area contributed by atoms with Gasteiger partial charge in [0.15, 0.2) is 0 Å². The molecule has 0 bridgehead atoms. The van der Waals surface area contributed by atoms with Gasteiger partial charge in [-0.25, -0.2) is 4.39 Å². The Hall–Kier alpha value is -2.19. The number of rotatable bonds is 4. The predicted octanol–water partition coefficient (Wildman–Crippen LogP) is 4.13. The fraction of sp³-hybridized carbons (Fsp3) is 0.158. The number of fused-ring (bicyclic) bond motifs is 1. The smallest absolute Gasteiger partial charge is 0.123 e. The van der Waals surface area contributed by atoms with E-state index < -0.39 is 6.10 Å². The number of halogens is 1. The molecule has 0 aromatic heterocycles. The van der Waals surface area contributed by atoms with Crippen LogP contribution in [0.25, 0.3) is 10.8 Å². The highest BCUT2D eigenvalue weighted by molar-refractivity contribution is 5.85. The molecule has 0 heterocycles. The first-order chi connectivity index (χ1) is 10.2. The highest BCUT2D eigenvalue weighted by Gasteiger charge is 2.09. The van der Waals surface area contributed by atoms with Gasteiger partial charge in [-0.15, -0.1) is 0 Å². The summed E-state index contributed by atoms with van der Waals surface area (Å²) in [5.74, 6) is -0.248. The van der Waals surface area contributed by atoms with Gasteiger partial charge in [-0.2, -0.15) is 0 Å². The maximum atomic E-state index is 12.9. The molecule has 0 spiro atoms. The van der Waals surface area contributed by atoms with Gasteiger partial charge in [-0.05, 0) is 46.9 Å². The van der Waals surface area contributed by atoms with E-state index in [1.54, 1.807) is 12.1 Å². The maximum absolute atomic E-state index is 12.9. The molecule has 2 heteroatoms. The first-order valence-electron chi connectivity index (χ1n) is 7.11. The average molecular weight is 280 g/mol. The summed E-state index contributed by atoms with van der Waals surface area (Å²) in [5, 5.41) is 12.7. The molecular weight excluding hydrogens is 263 g/mol. The van der Waals surface area contributed by atoms with Gasteiger partial charge in [0.2, 0.25) is 0 Å². The largest absolute Gasteiger partial charge is 0.392 e. The Morgan fingerprint density at radius 2 is 1.52 bits per heavy atom. The van der Waals surface area contributed by atoms with Crippen molar-refractivity contribution in [2.45, 2.75) is 18.9 Å². The summed E-state index contributed by atoms with van der Waals surface area (Å²) < 4.78 is 12.9. The molecule has 0 aliphatic carbocycles. The molecule has 0 amide bonds. The van der Waals surface area contributed by atoms with E-state index in [9.17, 15) is 9.50 Å². The van der Waals surface area contributed by atoms with Crippen LogP contribution in [0.15, 0.2) is 66.7 Å². The van der Waals surface area contributed by atoms with Crippen molar-refractivity contribution >= 4 is 10.8 Å². The number of aliphatic hydroxyl groups excluding tert-OH is 1. The molecule has 106 valence electrons. The summed E-state index contributed by atoms with van der Waals surface area (Å²) in [4.78, 5) is 0. The van der Waals surface area contributed by atoms with Crippen molar-refractivity contribution in [3.05, 3.63) is 83.7 Å². The minimum atomic E-state index is -0.471. The molecule has 1 nitrogen and oxygen atoms in total. The topological polar surface area (TPSA) is 20.2 Å². The quantitative estimate of drug-likeness (QED) is 0.762. The average Bonchev–Trinajstić information content (AvgIpc) is 2.50. The van der Waals surface area contributed by atoms with Gasteiger partial charge in [0.1, 0.15) is 5.82 Å². The normalized spacial score (nSPS) is 12.5. The Balaban J connectivity index is 1.77. The Bertz CT molecular complexity index is 729. The molecule has 0 aliphatic heterocycles. The van der Waals surface area contributed by atoms with Gasteiger partial charge in [0, 0.05) is 0 Å². The van der Waals surface area contributed by atoms with Crippen LogP contribution in [0.3, 0.4) is 0 Å². The van der Waals surface area contributed by atoms with Gasteiger partial charge in [-0.1, -0.05) is 54.6 Å². The Kier molecular flexibility index (Phi) is 3.98. The summed E-state index contributed by atoms with van der Waals surface area (Å²) in [6, 6.07) is 20.6. The minimum absolute atomic E-state index is 0.248. The summed E-state index contributed by atoms with van der Waals surface area (Å²) in [6.45, 7) is 0. The highest BCUT2D eigenvalue weighted by Crippen LogP contribution is 2.20. The van der Waals surface area contributed by atoms with Crippen LogP contribution in [0.2, 0.25) is 0 Å². The van der Waals surface area contributed by atoms with E-state index >= 15 is 0 Å². The van der Waals surface area contributed by atoms with E-state index in [4.69, 9.17) is 0 Å². The molecule has 3 aromatic carbocycles. The lowest BCUT2D eigenvalue weighted by atomic mass is 9.97. The van der Waals surface area contributed by atoms with Crippen LogP contribution in [0.5, 0.6) is 0 Å². The Morgan fingerprint density at radius 3 is 2.33 bits per heavy atom. The van der Waals surface area contributed by atoms with Crippen LogP contribution < -0.4 is 0 Å². The Labute approximate surface area is 123 Å². The lowest BCUT2D eigenvalue weighted by Gasteiger charge is -2.13. The van der Waals surface area contributed by atoms with Crippen molar-refractivity contribution in [2.75, 3.05) is 0 Å². The van der Waals surface area contributed by atoms with E-state index in [0.29, 0.717) is 12.8 Å². The number of aliphatic hydroxyl groups is 1. The van der Waals surface area contributed by atoms with Crippen LogP contribution in [0.4, 0.5) is 4.39 Å². The van der Waals surface area contributed by atoms with Crippen LogP contribution in [0.1, 0.15) is 11.1 Å². The van der Waals surface area contributed by atoms with Crippen molar-refractivity contribution in [3.63, 3.8) is 0 Å². The van der Waals surface area contributed by atoms with E-state index in [-0.39, 0.29) is 5.82 Å². The predicted molar refractivity (Wildman–Crippen MR) is 83.8 cm³/mol. The molecule has 0 fully saturated rings. The van der Waals surface area contributed by atoms with Crippen molar-refractivity contribution in [2.24, 2.45) is 0 Å². The molecule has 1 atom stereocenters. The van der Waals surface area contributed by atoms with Gasteiger partial charge in [0.25, 0.3) is 0 Å². The van der Waals surface area contributed by atoms with Gasteiger partial charge < -0.3 is 5.11 Å². The second-order valence-corrected chi connectivity index (χ2v) is 5.33. The molecule has 0 aliphatic rings. The van der Waals surface area contributed by atoms with Gasteiger partial charge in [0.05, 0.1) is 6.10 Å². The second kappa shape index (κ2) is 6.06. The zero-order valence-electron chi connectivity index (χ0n) is 11.7. The first-order valence-corrected chi connectivity index (χ1v) is 7.11. The second-order valence-electron chi connectivity index (χ2n) is 5.33. The monoisotopic (exact) mass is 280 g/mol. The van der Waals surface area contributed by atoms with Gasteiger partial charge in [-0.3, -0.25) is 0 Å². The fourth-order valence-electron chi connectivity index (χ4n) is 2.69. The van der Waals surface area contributed by atoms with Crippen LogP contribution in [-0.4, -0.2) is 11.2 Å². The van der Waals surface area contributed by atoms with E-state index in [1.165, 1.54) is 22.9 Å². The number of hydrogen-bond acceptors (Lipinski definition) is 1. The standard InChI is InChI=1S/C19H17FO/c20-17-10-8-14(9-11-17)12-18(21)13-16-6-3-5-15-4-1-2-7-19(15)16/h1-11,18,21H,12-13H2. The molecule has 21 heavy (non-hydrogen) atoms. The minimum Gasteiger partial charge on any atom is -0.392 e. The molecular formula is C19H17FO. The summed E-state index contributed by atoms with van der Waals surface area (Å²) in [6.07, 6.45) is 0.656. The van der Waals surface area contributed by atoms with Crippen molar-refractivity contribution in [3.8, 4) is 0 Å². The van der Waals surface area contributed by atoms with E-state index in [2.05, 4.69) is 24.3 Å². The molecule has 1 unspecified atom stereocenters. The molecule has 0 saturated heterocycles. The zero-order chi connectivity index (χ0) is 14.7. The van der Waals surface area contributed by atoms with Crippen LogP contribution in [-0.2, 0) is 12.8 Å². The highest BCUT2D eigenvalue weighted by atomic mass is 19.1. The SMILES string of the molecule is OC(Cc1ccc(F)cc1)Cc1cccc2ccccc12. The Morgan fingerprint density at radius 1 is 0.810 bits per heavy atom. The fourth-order valence-corrected chi connectivity index (χ4v) is 2.69. The van der Waals surface area contributed by atoms with Crippen molar-refractivity contribution in [1.29, 1.82) is 0 Å². The number of hydrogen-bond donors (Lipinski definition) is 1. The van der Waals surface area contributed by atoms with E-state index in [1.807, 2.05) is 18.2 Å². The van der Waals surface area contributed by atoms with Gasteiger partial charge >= 0.3 is 0 Å². The zero-order valence-corrected chi connectivity index (χ0v) is 11.7. The summed E-state index contributed by atoms with van der Waals surface area (Å²) in [5.41, 5.74) is 2.09. The third-order valence-corrected chi connectivity index (χ3v) is 3.72. The third-order valence-electron chi connectivity index (χ3n) is 3.72. The van der Waals surface area contributed by atoms with Crippen LogP contribution in [0, 0.1) is 5.82 Å². The summed E-state index contributed by atoms with van der Waals surface area (Å²) in [7, 11) is 0. The molecule has 0 saturated carbocycles. The third kappa shape index (κ3) is 3.29. The lowest BCUT2D eigenvalue weighted by Crippen LogP contribution is -2.14. The molecule has 3 aromatic rings. The molecule has 1 N–H and O–H groups in total. The number of benzene rings is 3. The molecule has 0 radical (unpaired) electrons. The van der Waals surface area contributed by atoms with Crippen molar-refractivity contribution in [1.82, 2.24) is 0 Å². The summed E-state index contributed by atoms with van der Waals surface area (Å²) >= 11 is 0. The van der Waals surface area contributed by atoms with Crippen LogP contribution >= 0.6 is 0 Å². The maximum Gasteiger partial charge on any atom is 0.123 e. The van der Waals surface area contributed by atoms with Crippen molar-refractivity contribution < 1.29 is 9.50 Å². The van der Waals surface area contributed by atoms with E-state index in [0.717, 1.165) is 11.1 Å². The molecule has 3 rings (SSSR count). The lowest BCUT2D eigenvalue weighted by molar-refractivity contribution is 0.176. The first kappa shape index (κ1) is 13.8.